The van der Waals surface area contributed by atoms with Crippen LogP contribution in [0.3, 0.4) is 0 Å². The Hall–Kier alpha value is -2.81. The zero-order valence-electron chi connectivity index (χ0n) is 14.2. The van der Waals surface area contributed by atoms with Crippen LogP contribution in [0.25, 0.3) is 33.1 Å². The van der Waals surface area contributed by atoms with E-state index in [2.05, 4.69) is 49.6 Å². The van der Waals surface area contributed by atoms with Crippen LogP contribution in [-0.4, -0.2) is 0 Å². The Morgan fingerprint density at radius 1 is 0.917 bits per heavy atom. The van der Waals surface area contributed by atoms with E-state index in [9.17, 15) is 0 Å². The van der Waals surface area contributed by atoms with Crippen LogP contribution < -0.4 is 9.30 Å². The van der Waals surface area contributed by atoms with E-state index < -0.39 is 0 Å². The van der Waals surface area contributed by atoms with Crippen LogP contribution in [0.1, 0.15) is 16.7 Å². The van der Waals surface area contributed by atoms with Crippen LogP contribution >= 0.6 is 0 Å². The molecule has 0 spiro atoms. The first-order valence-corrected chi connectivity index (χ1v) is 8.17. The van der Waals surface area contributed by atoms with Gasteiger partial charge in [0.1, 0.15) is 12.8 Å². The van der Waals surface area contributed by atoms with E-state index in [0.29, 0.717) is 0 Å². The van der Waals surface area contributed by atoms with Crippen molar-refractivity contribution in [2.75, 3.05) is 0 Å². The average molecular weight is 316 g/mol. The van der Waals surface area contributed by atoms with Gasteiger partial charge in [-0.2, -0.15) is 4.57 Å². The third-order valence-corrected chi connectivity index (χ3v) is 5.16. The van der Waals surface area contributed by atoms with Gasteiger partial charge in [0.25, 0.3) is 5.69 Å². The molecule has 2 aromatic carbocycles. The molecule has 0 saturated heterocycles. The lowest BCUT2D eigenvalue weighted by molar-refractivity contribution is -0.640. The first kappa shape index (κ1) is 13.6. The van der Waals surface area contributed by atoms with E-state index in [1.54, 1.807) is 6.26 Å². The number of fused-ring (bicyclic) bond motifs is 3. The topological polar surface area (TPSA) is 26.2 Å². The second-order valence-corrected chi connectivity index (χ2v) is 6.75. The number of aryl methyl sites for hydroxylation is 3. The average Bonchev–Trinajstić information content (AvgIpc) is 2.99. The van der Waals surface area contributed by atoms with Crippen molar-refractivity contribution in [2.24, 2.45) is 7.05 Å². The predicted octanol–water partition coefficient (Wildman–Crippen LogP) is 5.11. The number of ether oxygens (including phenoxy) is 1. The van der Waals surface area contributed by atoms with Gasteiger partial charge >= 0.3 is 5.71 Å². The predicted molar refractivity (Wildman–Crippen MR) is 94.6 cm³/mol. The summed E-state index contributed by atoms with van der Waals surface area (Å²) in [5.41, 5.74) is 6.99. The molecule has 3 heterocycles. The number of furan rings is 1. The van der Waals surface area contributed by atoms with E-state index in [0.717, 1.165) is 28.3 Å². The van der Waals surface area contributed by atoms with Gasteiger partial charge in [0.15, 0.2) is 5.75 Å². The minimum Gasteiger partial charge on any atom is -0.450 e. The Labute approximate surface area is 140 Å². The summed E-state index contributed by atoms with van der Waals surface area (Å²) in [6, 6.07) is 10.7. The summed E-state index contributed by atoms with van der Waals surface area (Å²) >= 11 is 0. The molecule has 3 nitrogen and oxygen atoms in total. The van der Waals surface area contributed by atoms with Gasteiger partial charge in [-0.05, 0) is 55.0 Å². The van der Waals surface area contributed by atoms with Crippen molar-refractivity contribution in [1.29, 1.82) is 0 Å². The molecular formula is C21H18NO2+. The number of hydrogen-bond donors (Lipinski definition) is 0. The van der Waals surface area contributed by atoms with Gasteiger partial charge in [-0.25, -0.2) is 0 Å². The Balaban J connectivity index is 2.04. The Morgan fingerprint density at radius 3 is 2.58 bits per heavy atom. The summed E-state index contributed by atoms with van der Waals surface area (Å²) in [6.07, 6.45) is 1.73. The summed E-state index contributed by atoms with van der Waals surface area (Å²) in [7, 11) is 2.04. The van der Waals surface area contributed by atoms with Crippen LogP contribution in [0.2, 0.25) is 0 Å². The molecule has 0 saturated carbocycles. The van der Waals surface area contributed by atoms with Crippen LogP contribution in [0.15, 0.2) is 41.0 Å². The van der Waals surface area contributed by atoms with E-state index in [1.165, 1.54) is 33.0 Å². The van der Waals surface area contributed by atoms with Crippen LogP contribution in [-0.2, 0) is 7.05 Å². The smallest absolute Gasteiger partial charge is 0.380 e. The molecule has 1 aliphatic rings. The van der Waals surface area contributed by atoms with E-state index >= 15 is 0 Å². The minimum absolute atomic E-state index is 0.863. The Kier molecular flexibility index (Phi) is 2.49. The van der Waals surface area contributed by atoms with Crippen molar-refractivity contribution in [2.45, 2.75) is 20.8 Å². The highest BCUT2D eigenvalue weighted by Gasteiger charge is 2.32. The zero-order valence-corrected chi connectivity index (χ0v) is 14.2. The monoisotopic (exact) mass is 316 g/mol. The molecule has 1 aliphatic heterocycles. The molecule has 24 heavy (non-hydrogen) atoms. The molecule has 5 rings (SSSR count). The quantitative estimate of drug-likeness (QED) is 0.371. The Morgan fingerprint density at radius 2 is 1.75 bits per heavy atom. The van der Waals surface area contributed by atoms with Gasteiger partial charge in [-0.15, -0.1) is 0 Å². The second-order valence-electron chi connectivity index (χ2n) is 6.75. The van der Waals surface area contributed by atoms with Gasteiger partial charge in [0.2, 0.25) is 0 Å². The van der Waals surface area contributed by atoms with E-state index in [1.807, 2.05) is 13.1 Å². The molecule has 0 radical (unpaired) electrons. The fraction of sp³-hybridized carbons (Fsp3) is 0.190. The zero-order chi connectivity index (χ0) is 16.6. The third-order valence-electron chi connectivity index (χ3n) is 5.16. The lowest BCUT2D eigenvalue weighted by Crippen LogP contribution is -2.33. The number of aromatic nitrogens is 1. The van der Waals surface area contributed by atoms with Gasteiger partial charge < -0.3 is 9.15 Å². The summed E-state index contributed by atoms with van der Waals surface area (Å²) in [5.74, 6) is 1.83. The lowest BCUT2D eigenvalue weighted by Gasteiger charge is -2.22. The maximum Gasteiger partial charge on any atom is 0.380 e. The summed E-state index contributed by atoms with van der Waals surface area (Å²) in [6.45, 7) is 6.48. The van der Waals surface area contributed by atoms with Gasteiger partial charge in [-0.1, -0.05) is 12.1 Å². The molecule has 0 unspecified atom stereocenters. The van der Waals surface area contributed by atoms with Gasteiger partial charge in [0.05, 0.1) is 17.2 Å². The largest absolute Gasteiger partial charge is 0.450 e. The normalized spacial score (nSPS) is 12.5. The molecule has 3 heteroatoms. The van der Waals surface area contributed by atoms with Crippen molar-refractivity contribution in [1.82, 2.24) is 0 Å². The SMILES string of the molecule is Cc1cc2c3c(c(C)c(C)cc3c1)-c1c(cc3ccoc3[n+]1C)O2. The lowest BCUT2D eigenvalue weighted by atomic mass is 9.90. The third kappa shape index (κ3) is 1.59. The van der Waals surface area contributed by atoms with E-state index in [-0.39, 0.29) is 0 Å². The number of rotatable bonds is 0. The highest BCUT2D eigenvalue weighted by Crippen LogP contribution is 2.48. The Bertz CT molecular complexity index is 1170. The molecule has 0 bridgehead atoms. The summed E-state index contributed by atoms with van der Waals surface area (Å²) in [5, 5.41) is 3.47. The van der Waals surface area contributed by atoms with Crippen molar-refractivity contribution < 1.29 is 13.7 Å². The maximum absolute atomic E-state index is 6.32. The molecular weight excluding hydrogens is 298 g/mol. The second kappa shape index (κ2) is 4.38. The molecule has 118 valence electrons. The van der Waals surface area contributed by atoms with Crippen molar-refractivity contribution in [3.05, 3.63) is 53.3 Å². The highest BCUT2D eigenvalue weighted by molar-refractivity contribution is 6.05. The van der Waals surface area contributed by atoms with Crippen LogP contribution in [0.4, 0.5) is 0 Å². The van der Waals surface area contributed by atoms with Gasteiger partial charge in [-0.3, -0.25) is 0 Å². The van der Waals surface area contributed by atoms with Gasteiger partial charge in [0, 0.05) is 11.5 Å². The maximum atomic E-state index is 6.32. The standard InChI is InChI=1S/C21H18NO2/c1-11-7-15-9-12(2)13(3)18-19(15)16(8-11)24-17-10-14-5-6-23-21(14)22(4)20(17)18/h5-10H,1-4H3/q+1. The molecule has 0 amide bonds. The number of hydrogen-bond acceptors (Lipinski definition) is 2. The van der Waals surface area contributed by atoms with Crippen molar-refractivity contribution in [3.63, 3.8) is 0 Å². The number of nitrogens with zero attached hydrogens (tertiary/aromatic N) is 1. The molecule has 0 atom stereocenters. The minimum atomic E-state index is 0.863. The first-order chi connectivity index (χ1) is 11.5. The molecule has 4 aromatic rings. The van der Waals surface area contributed by atoms with Crippen molar-refractivity contribution >= 4 is 21.9 Å². The fourth-order valence-electron chi connectivity index (χ4n) is 3.92. The van der Waals surface area contributed by atoms with Crippen LogP contribution in [0.5, 0.6) is 11.5 Å². The molecule has 2 aromatic heterocycles. The summed E-state index contributed by atoms with van der Waals surface area (Å²) in [4.78, 5) is 0. The molecule has 0 aliphatic carbocycles. The molecule has 0 N–H and O–H groups in total. The van der Waals surface area contributed by atoms with Crippen molar-refractivity contribution in [3.8, 4) is 22.8 Å². The number of pyridine rings is 1. The number of benzene rings is 2. The fourth-order valence-corrected chi connectivity index (χ4v) is 3.92. The van der Waals surface area contributed by atoms with Crippen LogP contribution in [0, 0.1) is 20.8 Å². The summed E-state index contributed by atoms with van der Waals surface area (Å²) < 4.78 is 14.1. The molecule has 0 fully saturated rings. The highest BCUT2D eigenvalue weighted by atomic mass is 16.5. The first-order valence-electron chi connectivity index (χ1n) is 8.17. The van der Waals surface area contributed by atoms with E-state index in [4.69, 9.17) is 9.15 Å².